The lowest BCUT2D eigenvalue weighted by Crippen LogP contribution is -2.35. The number of unbranched alkanes of at least 4 members (excludes halogenated alkanes) is 2. The number of hydrogen-bond acceptors (Lipinski definition) is 3. The molecule has 0 heterocycles. The Morgan fingerprint density at radius 1 is 1.31 bits per heavy atom. The molecule has 1 unspecified atom stereocenters. The van der Waals surface area contributed by atoms with Crippen molar-refractivity contribution in [3.8, 4) is 5.75 Å². The summed E-state index contributed by atoms with van der Waals surface area (Å²) in [7, 11) is 0.656. The summed E-state index contributed by atoms with van der Waals surface area (Å²) in [4.78, 5) is 13.0. The summed E-state index contributed by atoms with van der Waals surface area (Å²) in [6, 6.07) is 3.17. The summed E-state index contributed by atoms with van der Waals surface area (Å²) in [5.74, 6) is 4.26. The third-order valence-corrected chi connectivity index (χ3v) is 7.13. The van der Waals surface area contributed by atoms with E-state index in [1.54, 1.807) is 25.9 Å². The van der Waals surface area contributed by atoms with Gasteiger partial charge in [0.25, 0.3) is 0 Å². The van der Waals surface area contributed by atoms with Crippen molar-refractivity contribution in [3.05, 3.63) is 29.3 Å². The van der Waals surface area contributed by atoms with Crippen LogP contribution in [-0.4, -0.2) is 54.0 Å². The van der Waals surface area contributed by atoms with Gasteiger partial charge >= 0.3 is 12.2 Å². The Morgan fingerprint density at radius 3 is 2.59 bits per heavy atom. The molecule has 6 nitrogen and oxygen atoms in total. The second-order valence-corrected chi connectivity index (χ2v) is 10.7. The minimum atomic E-state index is -4.50. The van der Waals surface area contributed by atoms with Crippen LogP contribution in [0, 0.1) is 5.92 Å². The molecular weight excluding hydrogens is 443 g/mol. The summed E-state index contributed by atoms with van der Waals surface area (Å²) in [6.45, 7) is 2.61. The zero-order chi connectivity index (χ0) is 23.9. The van der Waals surface area contributed by atoms with Crippen molar-refractivity contribution in [2.24, 2.45) is 5.92 Å². The Kier molecular flexibility index (Phi) is 9.27. The van der Waals surface area contributed by atoms with Crippen molar-refractivity contribution in [3.63, 3.8) is 0 Å². The van der Waals surface area contributed by atoms with Crippen LogP contribution in [-0.2, 0) is 15.9 Å². The molecule has 0 radical (unpaired) electrons. The number of rotatable bonds is 12. The average Bonchev–Trinajstić information content (AvgIpc) is 3.54. The lowest BCUT2D eigenvalue weighted by atomic mass is 10.1. The molecule has 1 fully saturated rings. The minimum Gasteiger partial charge on any atom is -0.493 e. The first-order valence-corrected chi connectivity index (χ1v) is 12.7. The van der Waals surface area contributed by atoms with E-state index in [1.165, 1.54) is 12.1 Å². The lowest BCUT2D eigenvalue weighted by molar-refractivity contribution is -0.139. The van der Waals surface area contributed by atoms with E-state index in [-0.39, 0.29) is 18.4 Å². The largest absolute Gasteiger partial charge is 0.493 e. The average molecular weight is 478 g/mol. The molecule has 2 N–H and O–H groups in total. The molecule has 0 saturated heterocycles. The molecular formula is C22H34F3N3O3S. The molecule has 1 aliphatic rings. The van der Waals surface area contributed by atoms with Gasteiger partial charge in [-0.05, 0) is 62.1 Å². The van der Waals surface area contributed by atoms with Crippen LogP contribution in [0.3, 0.4) is 0 Å². The highest BCUT2D eigenvalue weighted by Crippen LogP contribution is 2.39. The van der Waals surface area contributed by atoms with E-state index in [0.717, 1.165) is 31.7 Å². The van der Waals surface area contributed by atoms with Gasteiger partial charge in [0, 0.05) is 42.1 Å². The Hall–Kier alpha value is -1.94. The van der Waals surface area contributed by atoms with Crippen LogP contribution in [0.2, 0.25) is 0 Å². The molecule has 1 aliphatic carbocycles. The second kappa shape index (κ2) is 11.3. The van der Waals surface area contributed by atoms with E-state index < -0.39 is 27.5 Å². The van der Waals surface area contributed by atoms with Gasteiger partial charge in [-0.3, -0.25) is 4.21 Å². The molecule has 2 atom stereocenters. The first kappa shape index (κ1) is 26.3. The first-order chi connectivity index (χ1) is 14.9. The van der Waals surface area contributed by atoms with E-state index in [1.807, 2.05) is 0 Å². The van der Waals surface area contributed by atoms with Crippen LogP contribution in [0.1, 0.15) is 56.2 Å². The van der Waals surface area contributed by atoms with Crippen molar-refractivity contribution < 1.29 is 26.9 Å². The number of alkyl halides is 3. The SMILES string of the molecule is C=S(=O)(CCCCCN(C)C(=O)NC)N[C@@H](C)c1ccc(C(F)(F)F)c(OCC2CC2)c1. The van der Waals surface area contributed by atoms with Gasteiger partial charge in [-0.1, -0.05) is 12.5 Å². The molecule has 10 heteroatoms. The normalized spacial score (nSPS) is 16.8. The highest BCUT2D eigenvalue weighted by atomic mass is 32.2. The van der Waals surface area contributed by atoms with E-state index in [0.29, 0.717) is 30.2 Å². The summed E-state index contributed by atoms with van der Waals surface area (Å²) < 4.78 is 61.3. The van der Waals surface area contributed by atoms with Crippen molar-refractivity contribution in [1.29, 1.82) is 0 Å². The molecule has 2 amide bonds. The number of carbonyl (C=O) groups is 1. The zero-order valence-corrected chi connectivity index (χ0v) is 19.8. The Morgan fingerprint density at radius 2 is 2.00 bits per heavy atom. The van der Waals surface area contributed by atoms with E-state index in [4.69, 9.17) is 4.74 Å². The maximum atomic E-state index is 13.3. The maximum absolute atomic E-state index is 13.3. The monoisotopic (exact) mass is 477 g/mol. The highest BCUT2D eigenvalue weighted by Gasteiger charge is 2.35. The number of ether oxygens (including phenoxy) is 1. The smallest absolute Gasteiger partial charge is 0.419 e. The highest BCUT2D eigenvalue weighted by molar-refractivity contribution is 7.98. The fourth-order valence-corrected chi connectivity index (χ4v) is 4.83. The Balaban J connectivity index is 1.91. The fourth-order valence-electron chi connectivity index (χ4n) is 3.26. The second-order valence-electron chi connectivity index (χ2n) is 8.40. The van der Waals surface area contributed by atoms with E-state index in [9.17, 15) is 22.2 Å². The van der Waals surface area contributed by atoms with Crippen molar-refractivity contribution in [2.45, 2.75) is 51.2 Å². The molecule has 32 heavy (non-hydrogen) atoms. The van der Waals surface area contributed by atoms with Gasteiger partial charge in [0.2, 0.25) is 0 Å². The van der Waals surface area contributed by atoms with Gasteiger partial charge in [0.1, 0.15) is 5.75 Å². The van der Waals surface area contributed by atoms with Crippen LogP contribution >= 0.6 is 0 Å². The molecule has 0 bridgehead atoms. The molecule has 182 valence electrons. The van der Waals surface area contributed by atoms with Gasteiger partial charge < -0.3 is 15.0 Å². The van der Waals surface area contributed by atoms with Gasteiger partial charge in [-0.25, -0.2) is 9.52 Å². The van der Waals surface area contributed by atoms with Crippen molar-refractivity contribution >= 4 is 21.6 Å². The van der Waals surface area contributed by atoms with E-state index >= 15 is 0 Å². The number of amides is 2. The van der Waals surface area contributed by atoms with Crippen molar-refractivity contribution in [1.82, 2.24) is 14.9 Å². The van der Waals surface area contributed by atoms with Crippen LogP contribution in [0.25, 0.3) is 0 Å². The summed E-state index contributed by atoms with van der Waals surface area (Å²) in [6.07, 6.45) is -0.333. The molecule has 0 aromatic heterocycles. The minimum absolute atomic E-state index is 0.154. The predicted octanol–water partition coefficient (Wildman–Crippen LogP) is 4.22. The third-order valence-electron chi connectivity index (χ3n) is 5.40. The number of benzene rings is 1. The van der Waals surface area contributed by atoms with Gasteiger partial charge in [0.05, 0.1) is 12.2 Å². The van der Waals surface area contributed by atoms with E-state index in [2.05, 4.69) is 15.9 Å². The summed E-state index contributed by atoms with van der Waals surface area (Å²) in [5, 5.41) is 2.55. The third kappa shape index (κ3) is 8.54. The van der Waals surface area contributed by atoms with Crippen LogP contribution in [0.4, 0.5) is 18.0 Å². The van der Waals surface area contributed by atoms with Gasteiger partial charge in [-0.2, -0.15) is 13.2 Å². The molecule has 0 aliphatic heterocycles. The number of nitrogens with one attached hydrogen (secondary N) is 2. The topological polar surface area (TPSA) is 70.7 Å². The Bertz CT molecular complexity index is 871. The maximum Gasteiger partial charge on any atom is 0.419 e. The standard InChI is InChI=1S/C22H34F3N3O3S/c1-16(27-32(4,30)13-7-5-6-12-28(3)21(29)26-2)18-10-11-19(22(23,24)25)20(14-18)31-15-17-8-9-17/h10-11,14,16-17H,4-9,12-13,15H2,1-3H3,(H,26,29)(H,27,30)/t16-,32?/m0/s1. The molecule has 2 rings (SSSR count). The number of halogens is 3. The quantitative estimate of drug-likeness (QED) is 0.350. The van der Waals surface area contributed by atoms with Gasteiger partial charge in [0.15, 0.2) is 0 Å². The molecule has 0 spiro atoms. The molecule has 1 saturated carbocycles. The number of urea groups is 1. The van der Waals surface area contributed by atoms with Crippen LogP contribution in [0.15, 0.2) is 18.2 Å². The lowest BCUT2D eigenvalue weighted by Gasteiger charge is -2.21. The molecule has 1 aromatic rings. The van der Waals surface area contributed by atoms with Crippen LogP contribution < -0.4 is 14.8 Å². The Labute approximate surface area is 189 Å². The zero-order valence-electron chi connectivity index (χ0n) is 19.0. The van der Waals surface area contributed by atoms with Crippen molar-refractivity contribution in [2.75, 3.05) is 33.0 Å². The number of carbonyl (C=O) groups excluding carboxylic acids is 1. The number of hydrogen-bond donors (Lipinski definition) is 2. The van der Waals surface area contributed by atoms with Crippen LogP contribution in [0.5, 0.6) is 5.75 Å². The molecule has 1 aromatic carbocycles. The number of nitrogens with zero attached hydrogens (tertiary/aromatic N) is 1. The summed E-state index contributed by atoms with van der Waals surface area (Å²) in [5.41, 5.74) is -0.237. The van der Waals surface area contributed by atoms with Gasteiger partial charge in [-0.15, -0.1) is 0 Å². The predicted molar refractivity (Wildman–Crippen MR) is 122 cm³/mol. The first-order valence-electron chi connectivity index (χ1n) is 10.8. The fraction of sp³-hybridized carbons (Fsp3) is 0.636. The summed E-state index contributed by atoms with van der Waals surface area (Å²) >= 11 is 0.